The minimum atomic E-state index is 0.648. The Hall–Kier alpha value is -1.02. The lowest BCUT2D eigenvalue weighted by molar-refractivity contribution is 0.414. The molecule has 2 heteroatoms. The minimum absolute atomic E-state index is 0.648. The topological polar surface area (TPSA) is 35.2 Å². The monoisotopic (exact) mass is 235 g/mol. The fraction of sp³-hybridized carbons (Fsp3) is 0.600. The first-order valence-electron chi connectivity index (χ1n) is 6.57. The summed E-state index contributed by atoms with van der Waals surface area (Å²) < 4.78 is 5.25. The quantitative estimate of drug-likeness (QED) is 0.783. The average Bonchev–Trinajstić information content (AvgIpc) is 2.34. The molecule has 2 nitrogen and oxygen atoms in total. The first-order chi connectivity index (χ1) is 8.22. The highest BCUT2D eigenvalue weighted by Gasteiger charge is 2.13. The molecule has 1 unspecified atom stereocenters. The number of hydrogen-bond acceptors (Lipinski definition) is 2. The Morgan fingerprint density at radius 2 is 2.06 bits per heavy atom. The third-order valence-electron chi connectivity index (χ3n) is 3.31. The fourth-order valence-electron chi connectivity index (χ4n) is 2.40. The molecule has 1 rings (SSSR count). The van der Waals surface area contributed by atoms with E-state index in [-0.39, 0.29) is 0 Å². The Labute approximate surface area is 105 Å². The van der Waals surface area contributed by atoms with Gasteiger partial charge >= 0.3 is 0 Å². The van der Waals surface area contributed by atoms with Gasteiger partial charge in [0, 0.05) is 0 Å². The Morgan fingerprint density at radius 1 is 1.29 bits per heavy atom. The summed E-state index contributed by atoms with van der Waals surface area (Å²) in [5.41, 5.74) is 8.41. The second kappa shape index (κ2) is 7.33. The summed E-state index contributed by atoms with van der Waals surface area (Å²) in [6.07, 6.45) is 4.77. The zero-order valence-electron chi connectivity index (χ0n) is 11.3. The highest BCUT2D eigenvalue weighted by molar-refractivity contribution is 5.36. The highest BCUT2D eigenvalue weighted by Crippen LogP contribution is 2.30. The molecule has 1 aromatic rings. The van der Waals surface area contributed by atoms with E-state index < -0.39 is 0 Å². The van der Waals surface area contributed by atoms with Crippen molar-refractivity contribution in [2.24, 2.45) is 5.73 Å². The molecule has 0 saturated carbocycles. The van der Waals surface area contributed by atoms with Crippen LogP contribution in [0.3, 0.4) is 0 Å². The zero-order valence-corrected chi connectivity index (χ0v) is 11.3. The summed E-state index contributed by atoms with van der Waals surface area (Å²) in [6, 6.07) is 6.40. The number of hydrogen-bond donors (Lipinski definition) is 1. The molecule has 96 valence electrons. The van der Waals surface area contributed by atoms with Gasteiger partial charge in [0.25, 0.3) is 0 Å². The Kier molecular flexibility index (Phi) is 6.06. The molecule has 0 aliphatic heterocycles. The van der Waals surface area contributed by atoms with E-state index in [1.165, 1.54) is 30.4 Å². The molecule has 1 atom stereocenters. The van der Waals surface area contributed by atoms with Gasteiger partial charge in [-0.25, -0.2) is 0 Å². The SMILES string of the molecule is CCCC(CCCN)c1ccc(OC)cc1C. The number of ether oxygens (including phenoxy) is 1. The van der Waals surface area contributed by atoms with Gasteiger partial charge in [0.15, 0.2) is 0 Å². The molecule has 0 radical (unpaired) electrons. The Bertz CT molecular complexity index is 336. The number of benzene rings is 1. The molecule has 0 aliphatic carbocycles. The van der Waals surface area contributed by atoms with Gasteiger partial charge in [-0.1, -0.05) is 19.4 Å². The van der Waals surface area contributed by atoms with E-state index in [1.807, 2.05) is 0 Å². The Balaban J connectivity index is 2.85. The highest BCUT2D eigenvalue weighted by atomic mass is 16.5. The summed E-state index contributed by atoms with van der Waals surface area (Å²) in [5, 5.41) is 0. The van der Waals surface area contributed by atoms with E-state index >= 15 is 0 Å². The van der Waals surface area contributed by atoms with E-state index in [0.29, 0.717) is 5.92 Å². The summed E-state index contributed by atoms with van der Waals surface area (Å²) in [7, 11) is 1.71. The largest absolute Gasteiger partial charge is 0.497 e. The van der Waals surface area contributed by atoms with Gasteiger partial charge in [0.05, 0.1) is 7.11 Å². The summed E-state index contributed by atoms with van der Waals surface area (Å²) in [5.74, 6) is 1.59. The van der Waals surface area contributed by atoms with Gasteiger partial charge in [0.1, 0.15) is 5.75 Å². The average molecular weight is 235 g/mol. The fourth-order valence-corrected chi connectivity index (χ4v) is 2.40. The third-order valence-corrected chi connectivity index (χ3v) is 3.31. The maximum Gasteiger partial charge on any atom is 0.119 e. The van der Waals surface area contributed by atoms with Crippen molar-refractivity contribution in [2.45, 2.75) is 45.4 Å². The van der Waals surface area contributed by atoms with Gasteiger partial charge in [0.2, 0.25) is 0 Å². The molecule has 17 heavy (non-hydrogen) atoms. The second-order valence-corrected chi connectivity index (χ2v) is 4.64. The smallest absolute Gasteiger partial charge is 0.119 e. The normalized spacial score (nSPS) is 12.5. The third kappa shape index (κ3) is 4.04. The van der Waals surface area contributed by atoms with Crippen molar-refractivity contribution < 1.29 is 4.74 Å². The molecule has 0 bridgehead atoms. The number of rotatable bonds is 7. The van der Waals surface area contributed by atoms with Crippen molar-refractivity contribution in [3.05, 3.63) is 29.3 Å². The summed E-state index contributed by atoms with van der Waals surface area (Å²) >= 11 is 0. The molecule has 0 spiro atoms. The van der Waals surface area contributed by atoms with E-state index in [2.05, 4.69) is 32.0 Å². The maximum atomic E-state index is 5.61. The number of methoxy groups -OCH3 is 1. The molecule has 0 heterocycles. The Morgan fingerprint density at radius 3 is 2.59 bits per heavy atom. The molecule has 0 fully saturated rings. The lowest BCUT2D eigenvalue weighted by Gasteiger charge is -2.19. The van der Waals surface area contributed by atoms with Gasteiger partial charge < -0.3 is 10.5 Å². The van der Waals surface area contributed by atoms with Crippen LogP contribution in [0.1, 0.15) is 49.7 Å². The van der Waals surface area contributed by atoms with Gasteiger partial charge in [-0.2, -0.15) is 0 Å². The van der Waals surface area contributed by atoms with Crippen LogP contribution in [0, 0.1) is 6.92 Å². The van der Waals surface area contributed by atoms with Crippen molar-refractivity contribution in [3.63, 3.8) is 0 Å². The summed E-state index contributed by atoms with van der Waals surface area (Å²) in [6.45, 7) is 5.20. The van der Waals surface area contributed by atoms with Crippen LogP contribution >= 0.6 is 0 Å². The molecular formula is C15H25NO. The summed E-state index contributed by atoms with van der Waals surface area (Å²) in [4.78, 5) is 0. The predicted octanol–water partition coefficient (Wildman–Crippen LogP) is 3.63. The molecular weight excluding hydrogens is 210 g/mol. The van der Waals surface area contributed by atoms with E-state index in [1.54, 1.807) is 7.11 Å². The van der Waals surface area contributed by atoms with E-state index in [9.17, 15) is 0 Å². The maximum absolute atomic E-state index is 5.61. The van der Waals surface area contributed by atoms with Crippen LogP contribution in [0.4, 0.5) is 0 Å². The van der Waals surface area contributed by atoms with Crippen LogP contribution < -0.4 is 10.5 Å². The molecule has 0 saturated heterocycles. The second-order valence-electron chi connectivity index (χ2n) is 4.64. The lowest BCUT2D eigenvalue weighted by Crippen LogP contribution is -2.06. The van der Waals surface area contributed by atoms with Gasteiger partial charge in [-0.05, 0) is 61.9 Å². The zero-order chi connectivity index (χ0) is 12.7. The number of aryl methyl sites for hydroxylation is 1. The van der Waals surface area contributed by atoms with E-state index in [0.717, 1.165) is 18.7 Å². The number of nitrogens with two attached hydrogens (primary N) is 1. The molecule has 0 aliphatic rings. The van der Waals surface area contributed by atoms with Crippen LogP contribution in [-0.2, 0) is 0 Å². The van der Waals surface area contributed by atoms with Crippen molar-refractivity contribution in [2.75, 3.05) is 13.7 Å². The lowest BCUT2D eigenvalue weighted by atomic mass is 9.87. The molecule has 1 aromatic carbocycles. The van der Waals surface area contributed by atoms with Crippen LogP contribution in [0.15, 0.2) is 18.2 Å². The van der Waals surface area contributed by atoms with E-state index in [4.69, 9.17) is 10.5 Å². The minimum Gasteiger partial charge on any atom is -0.497 e. The van der Waals surface area contributed by atoms with Crippen LogP contribution in [0.25, 0.3) is 0 Å². The van der Waals surface area contributed by atoms with Crippen molar-refractivity contribution >= 4 is 0 Å². The van der Waals surface area contributed by atoms with Gasteiger partial charge in [-0.15, -0.1) is 0 Å². The van der Waals surface area contributed by atoms with Crippen molar-refractivity contribution in [3.8, 4) is 5.75 Å². The molecule has 0 amide bonds. The van der Waals surface area contributed by atoms with Gasteiger partial charge in [-0.3, -0.25) is 0 Å². The molecule has 0 aromatic heterocycles. The first-order valence-corrected chi connectivity index (χ1v) is 6.57. The standard InChI is InChI=1S/C15H25NO/c1-4-6-13(7-5-10-16)15-9-8-14(17-3)11-12(15)2/h8-9,11,13H,4-7,10,16H2,1-3H3. The first kappa shape index (κ1) is 14.0. The van der Waals surface area contributed by atoms with Crippen LogP contribution in [-0.4, -0.2) is 13.7 Å². The molecule has 2 N–H and O–H groups in total. The van der Waals surface area contributed by atoms with Crippen molar-refractivity contribution in [1.29, 1.82) is 0 Å². The van der Waals surface area contributed by atoms with Crippen LogP contribution in [0.5, 0.6) is 5.75 Å². The predicted molar refractivity (Wildman–Crippen MR) is 73.7 cm³/mol. The van der Waals surface area contributed by atoms with Crippen LogP contribution in [0.2, 0.25) is 0 Å². The van der Waals surface area contributed by atoms with Crippen molar-refractivity contribution in [1.82, 2.24) is 0 Å².